The summed E-state index contributed by atoms with van der Waals surface area (Å²) in [5.74, 6) is 2.96. The molecule has 5 aliphatic heterocycles. The molecule has 5 heteroatoms. The van der Waals surface area contributed by atoms with Crippen molar-refractivity contribution in [2.45, 2.75) is 37.4 Å². The average Bonchev–Trinajstić information content (AvgIpc) is 3.40. The Morgan fingerprint density at radius 1 is 1.00 bits per heavy atom. The molecule has 2 aromatic rings. The van der Waals surface area contributed by atoms with E-state index in [-0.39, 0.29) is 0 Å². The van der Waals surface area contributed by atoms with Gasteiger partial charge >= 0.3 is 0 Å². The van der Waals surface area contributed by atoms with Gasteiger partial charge in [0.05, 0.1) is 11.6 Å². The Kier molecular flexibility index (Phi) is 4.04. The number of benzene rings is 2. The lowest BCUT2D eigenvalue weighted by Crippen LogP contribution is -2.60. The summed E-state index contributed by atoms with van der Waals surface area (Å²) in [6.07, 6.45) is 2.59. The molecule has 29 heavy (non-hydrogen) atoms. The van der Waals surface area contributed by atoms with Crippen molar-refractivity contribution in [3.8, 4) is 17.6 Å². The second-order valence-corrected chi connectivity index (χ2v) is 8.77. The highest BCUT2D eigenvalue weighted by Crippen LogP contribution is 2.48. The molecule has 0 radical (unpaired) electrons. The second-order valence-electron chi connectivity index (χ2n) is 8.77. The maximum Gasteiger partial charge on any atom is 0.231 e. The first-order valence-electron chi connectivity index (χ1n) is 10.7. The highest BCUT2D eigenvalue weighted by atomic mass is 16.7. The summed E-state index contributed by atoms with van der Waals surface area (Å²) in [6.45, 7) is 4.64. The molecule has 2 aromatic carbocycles. The van der Waals surface area contributed by atoms with Crippen LogP contribution in [0.3, 0.4) is 0 Å². The summed E-state index contributed by atoms with van der Waals surface area (Å²) in [7, 11) is 0. The molecular weight excluding hydrogens is 362 g/mol. The first-order chi connectivity index (χ1) is 14.3. The van der Waals surface area contributed by atoms with Gasteiger partial charge in [0.1, 0.15) is 0 Å². The highest BCUT2D eigenvalue weighted by Gasteiger charge is 2.53. The van der Waals surface area contributed by atoms with E-state index in [1.54, 1.807) is 0 Å². The monoisotopic (exact) mass is 387 g/mol. The molecule has 7 rings (SSSR count). The van der Waals surface area contributed by atoms with Crippen molar-refractivity contribution in [3.05, 3.63) is 59.2 Å². The van der Waals surface area contributed by atoms with Crippen LogP contribution in [0.15, 0.2) is 42.5 Å². The number of hydrogen-bond donors (Lipinski definition) is 0. The molecule has 3 atom stereocenters. The van der Waals surface area contributed by atoms with Crippen LogP contribution in [-0.2, 0) is 6.54 Å². The van der Waals surface area contributed by atoms with Crippen LogP contribution in [0.25, 0.3) is 0 Å². The fraction of sp³-hybridized carbons (Fsp3) is 0.458. The summed E-state index contributed by atoms with van der Waals surface area (Å²) < 4.78 is 11.2. The number of fused-ring (bicyclic) bond motifs is 3. The lowest BCUT2D eigenvalue weighted by atomic mass is 9.75. The van der Waals surface area contributed by atoms with E-state index >= 15 is 0 Å². The molecule has 5 heterocycles. The van der Waals surface area contributed by atoms with Crippen molar-refractivity contribution >= 4 is 0 Å². The summed E-state index contributed by atoms with van der Waals surface area (Å²) in [4.78, 5) is 5.38. The van der Waals surface area contributed by atoms with Gasteiger partial charge in [-0.2, -0.15) is 5.26 Å². The molecular formula is C24H25N3O2. The van der Waals surface area contributed by atoms with Gasteiger partial charge in [-0.3, -0.25) is 9.80 Å². The lowest BCUT2D eigenvalue weighted by Gasteiger charge is -2.51. The van der Waals surface area contributed by atoms with Gasteiger partial charge in [0.2, 0.25) is 6.79 Å². The normalized spacial score (nSPS) is 32.2. The van der Waals surface area contributed by atoms with Crippen LogP contribution in [0.4, 0.5) is 0 Å². The topological polar surface area (TPSA) is 48.7 Å². The molecule has 4 saturated heterocycles. The Morgan fingerprint density at radius 2 is 1.83 bits per heavy atom. The summed E-state index contributed by atoms with van der Waals surface area (Å²) in [6, 6.07) is 18.1. The molecule has 2 bridgehead atoms. The SMILES string of the molecule is N#Cc1ccccc1CN1C[C@H](c2ccc3c(c2)OCO3)[C@H]2[C@@H]1C1CCN2CC1. The quantitative estimate of drug-likeness (QED) is 0.808. The Balaban J connectivity index is 1.36. The summed E-state index contributed by atoms with van der Waals surface area (Å²) in [5, 5.41) is 9.55. The fourth-order valence-electron chi connectivity index (χ4n) is 6.15. The molecule has 5 aliphatic rings. The molecule has 148 valence electrons. The first kappa shape index (κ1) is 17.3. The average molecular weight is 387 g/mol. The third kappa shape index (κ3) is 2.74. The van der Waals surface area contributed by atoms with Gasteiger partial charge in [-0.1, -0.05) is 24.3 Å². The number of likely N-dealkylation sites (tertiary alicyclic amines) is 1. The van der Waals surface area contributed by atoms with Crippen molar-refractivity contribution in [1.29, 1.82) is 5.26 Å². The smallest absolute Gasteiger partial charge is 0.231 e. The zero-order valence-corrected chi connectivity index (χ0v) is 16.5. The standard InChI is InChI=1S/C24H25N3O2/c25-12-18-3-1-2-4-19(18)13-27-14-20(17-5-6-21-22(11-17)29-15-28-21)24-23(27)16-7-9-26(24)10-8-16/h1-6,11,16,20,23-24H,7-10,13-15H2/t20-,23+,24+/m1/s1. The highest BCUT2D eigenvalue weighted by molar-refractivity contribution is 5.46. The van der Waals surface area contributed by atoms with E-state index in [1.165, 1.54) is 31.5 Å². The molecule has 0 N–H and O–H groups in total. The van der Waals surface area contributed by atoms with Gasteiger partial charge in [-0.15, -0.1) is 0 Å². The second kappa shape index (κ2) is 6.76. The fourth-order valence-corrected chi connectivity index (χ4v) is 6.15. The molecule has 4 fully saturated rings. The van der Waals surface area contributed by atoms with E-state index in [9.17, 15) is 5.26 Å². The molecule has 0 spiro atoms. The van der Waals surface area contributed by atoms with Gasteiger partial charge in [0.15, 0.2) is 11.5 Å². The van der Waals surface area contributed by atoms with Gasteiger partial charge < -0.3 is 9.47 Å². The van der Waals surface area contributed by atoms with Crippen LogP contribution in [0, 0.1) is 17.2 Å². The number of rotatable bonds is 3. The predicted molar refractivity (Wildman–Crippen MR) is 109 cm³/mol. The molecule has 0 aliphatic carbocycles. The third-order valence-corrected chi connectivity index (χ3v) is 7.43. The molecule has 0 amide bonds. The molecule has 0 saturated carbocycles. The number of ether oxygens (including phenoxy) is 2. The van der Waals surface area contributed by atoms with Crippen LogP contribution >= 0.6 is 0 Å². The van der Waals surface area contributed by atoms with Crippen LogP contribution in [0.2, 0.25) is 0 Å². The maximum atomic E-state index is 9.55. The number of hydrogen-bond acceptors (Lipinski definition) is 5. The Morgan fingerprint density at radius 3 is 2.69 bits per heavy atom. The molecule has 0 aromatic heterocycles. The molecule has 5 nitrogen and oxygen atoms in total. The maximum absolute atomic E-state index is 9.55. The predicted octanol–water partition coefficient (Wildman–Crippen LogP) is 3.35. The minimum atomic E-state index is 0.320. The zero-order valence-electron chi connectivity index (χ0n) is 16.5. The summed E-state index contributed by atoms with van der Waals surface area (Å²) in [5.41, 5.74) is 3.31. The van der Waals surface area contributed by atoms with E-state index in [4.69, 9.17) is 9.47 Å². The van der Waals surface area contributed by atoms with Crippen LogP contribution in [-0.4, -0.2) is 48.3 Å². The summed E-state index contributed by atoms with van der Waals surface area (Å²) >= 11 is 0. The van der Waals surface area contributed by atoms with Crippen molar-refractivity contribution < 1.29 is 9.47 Å². The molecule has 0 unspecified atom stereocenters. The Labute approximate surface area is 171 Å². The number of nitrogens with zero attached hydrogens (tertiary/aromatic N) is 3. The van der Waals surface area contributed by atoms with Crippen molar-refractivity contribution in [2.24, 2.45) is 5.92 Å². The van der Waals surface area contributed by atoms with E-state index in [0.717, 1.165) is 41.6 Å². The Hall–Kier alpha value is -2.55. The lowest BCUT2D eigenvalue weighted by molar-refractivity contribution is -0.00871. The van der Waals surface area contributed by atoms with Crippen molar-refractivity contribution in [1.82, 2.24) is 9.80 Å². The van der Waals surface area contributed by atoms with Gasteiger partial charge in [0, 0.05) is 31.1 Å². The van der Waals surface area contributed by atoms with Gasteiger partial charge in [0.25, 0.3) is 0 Å². The van der Waals surface area contributed by atoms with Crippen LogP contribution in [0.5, 0.6) is 11.5 Å². The van der Waals surface area contributed by atoms with Crippen molar-refractivity contribution in [3.63, 3.8) is 0 Å². The van der Waals surface area contributed by atoms with Gasteiger partial charge in [-0.25, -0.2) is 0 Å². The van der Waals surface area contributed by atoms with E-state index in [0.29, 0.717) is 24.8 Å². The Bertz CT molecular complexity index is 976. The van der Waals surface area contributed by atoms with Gasteiger partial charge in [-0.05, 0) is 61.2 Å². The van der Waals surface area contributed by atoms with Crippen LogP contribution < -0.4 is 9.47 Å². The minimum Gasteiger partial charge on any atom is -0.454 e. The largest absolute Gasteiger partial charge is 0.454 e. The number of nitriles is 1. The zero-order chi connectivity index (χ0) is 19.4. The van der Waals surface area contributed by atoms with E-state index in [1.807, 2.05) is 12.1 Å². The van der Waals surface area contributed by atoms with Crippen LogP contribution in [0.1, 0.15) is 35.4 Å². The van der Waals surface area contributed by atoms with E-state index < -0.39 is 0 Å². The minimum absolute atomic E-state index is 0.320. The first-order valence-corrected chi connectivity index (χ1v) is 10.7. The number of piperidine rings is 3. The van der Waals surface area contributed by atoms with E-state index in [2.05, 4.69) is 46.2 Å². The van der Waals surface area contributed by atoms with Crippen molar-refractivity contribution in [2.75, 3.05) is 26.4 Å². The third-order valence-electron chi connectivity index (χ3n) is 7.43.